The number of furan rings is 1. The summed E-state index contributed by atoms with van der Waals surface area (Å²) < 4.78 is 5.13. The first-order chi connectivity index (χ1) is 12.6. The van der Waals surface area contributed by atoms with Gasteiger partial charge in [-0.1, -0.05) is 6.07 Å². The highest BCUT2D eigenvalue weighted by molar-refractivity contribution is 5.95. The van der Waals surface area contributed by atoms with E-state index in [1.807, 2.05) is 18.2 Å². The third-order valence-corrected chi connectivity index (χ3v) is 4.24. The minimum Gasteiger partial charge on any atom is -0.465 e. The molecular formula is C19H22N4O3. The molecule has 0 aromatic carbocycles. The van der Waals surface area contributed by atoms with Crippen LogP contribution in [0.15, 0.2) is 53.3 Å². The van der Waals surface area contributed by atoms with Crippen LogP contribution in [0.1, 0.15) is 12.7 Å². The van der Waals surface area contributed by atoms with Crippen LogP contribution < -0.4 is 10.2 Å². The van der Waals surface area contributed by atoms with Crippen molar-refractivity contribution in [1.29, 1.82) is 0 Å². The van der Waals surface area contributed by atoms with E-state index in [1.54, 1.807) is 36.2 Å². The third-order valence-electron chi connectivity index (χ3n) is 4.24. The molecule has 0 bridgehead atoms. The lowest BCUT2D eigenvalue weighted by atomic mass is 10.2. The van der Waals surface area contributed by atoms with E-state index in [-0.39, 0.29) is 11.8 Å². The van der Waals surface area contributed by atoms with Crippen molar-refractivity contribution in [1.82, 2.24) is 15.2 Å². The summed E-state index contributed by atoms with van der Waals surface area (Å²) in [4.78, 5) is 32.8. The molecule has 1 aliphatic heterocycles. The maximum absolute atomic E-state index is 12.5. The molecule has 1 fully saturated rings. The van der Waals surface area contributed by atoms with Crippen molar-refractivity contribution >= 4 is 23.7 Å². The zero-order chi connectivity index (χ0) is 18.4. The van der Waals surface area contributed by atoms with Gasteiger partial charge in [-0.3, -0.25) is 9.59 Å². The van der Waals surface area contributed by atoms with Gasteiger partial charge in [0.05, 0.1) is 6.26 Å². The molecule has 7 nitrogen and oxygen atoms in total. The van der Waals surface area contributed by atoms with Crippen LogP contribution in [-0.4, -0.2) is 53.9 Å². The predicted molar refractivity (Wildman–Crippen MR) is 98.4 cm³/mol. The van der Waals surface area contributed by atoms with Crippen LogP contribution in [0.5, 0.6) is 0 Å². The van der Waals surface area contributed by atoms with Gasteiger partial charge in [0, 0.05) is 38.5 Å². The van der Waals surface area contributed by atoms with Gasteiger partial charge in [-0.25, -0.2) is 4.98 Å². The molecule has 1 saturated heterocycles. The normalized spacial score (nSPS) is 15.9. The van der Waals surface area contributed by atoms with Gasteiger partial charge in [-0.2, -0.15) is 0 Å². The van der Waals surface area contributed by atoms with Crippen molar-refractivity contribution in [2.45, 2.75) is 13.0 Å². The van der Waals surface area contributed by atoms with E-state index < -0.39 is 6.04 Å². The Bertz CT molecular complexity index is 750. The lowest BCUT2D eigenvalue weighted by molar-refractivity contribution is -0.135. The number of carbonyl (C=O) groups is 2. The van der Waals surface area contributed by atoms with E-state index in [9.17, 15) is 9.59 Å². The highest BCUT2D eigenvalue weighted by Crippen LogP contribution is 2.13. The maximum atomic E-state index is 12.5. The van der Waals surface area contributed by atoms with Crippen LogP contribution in [0.4, 0.5) is 5.82 Å². The number of aromatic nitrogens is 1. The highest BCUT2D eigenvalue weighted by atomic mass is 16.3. The molecule has 2 amide bonds. The number of rotatable bonds is 5. The summed E-state index contributed by atoms with van der Waals surface area (Å²) in [6.07, 6.45) is 6.23. The van der Waals surface area contributed by atoms with Crippen LogP contribution in [0.2, 0.25) is 0 Å². The van der Waals surface area contributed by atoms with Crippen molar-refractivity contribution in [3.63, 3.8) is 0 Å². The van der Waals surface area contributed by atoms with E-state index in [2.05, 4.69) is 15.2 Å². The molecule has 136 valence electrons. The van der Waals surface area contributed by atoms with Crippen LogP contribution in [0.25, 0.3) is 6.08 Å². The molecule has 3 rings (SSSR count). The summed E-state index contributed by atoms with van der Waals surface area (Å²) in [6.45, 7) is 4.37. The molecule has 7 heteroatoms. The Morgan fingerprint density at radius 1 is 1.19 bits per heavy atom. The first-order valence-electron chi connectivity index (χ1n) is 8.60. The molecule has 0 saturated carbocycles. The number of pyridine rings is 1. The summed E-state index contributed by atoms with van der Waals surface area (Å²) in [6, 6.07) is 8.71. The minimum atomic E-state index is -0.579. The summed E-state index contributed by atoms with van der Waals surface area (Å²) >= 11 is 0. The molecular weight excluding hydrogens is 332 g/mol. The maximum Gasteiger partial charge on any atom is 0.244 e. The highest BCUT2D eigenvalue weighted by Gasteiger charge is 2.25. The Balaban J connectivity index is 1.47. The third kappa shape index (κ3) is 4.50. The van der Waals surface area contributed by atoms with Crippen molar-refractivity contribution in [2.24, 2.45) is 0 Å². The smallest absolute Gasteiger partial charge is 0.244 e. The summed E-state index contributed by atoms with van der Waals surface area (Å²) in [5, 5.41) is 2.70. The zero-order valence-electron chi connectivity index (χ0n) is 14.7. The summed E-state index contributed by atoms with van der Waals surface area (Å²) in [7, 11) is 0. The van der Waals surface area contributed by atoms with E-state index in [4.69, 9.17) is 4.42 Å². The standard InChI is InChI=1S/C19H22N4O3/c1-15(21-18(24)8-7-16-5-4-14-26-16)19(25)23-12-10-22(11-13-23)17-6-2-3-9-20-17/h2-9,14-15H,10-13H2,1H3,(H,21,24)/b8-7+/t15-/m1/s1. The zero-order valence-corrected chi connectivity index (χ0v) is 14.7. The van der Waals surface area contributed by atoms with Crippen LogP contribution >= 0.6 is 0 Å². The van der Waals surface area contributed by atoms with Crippen molar-refractivity contribution in [3.05, 3.63) is 54.6 Å². The quantitative estimate of drug-likeness (QED) is 0.824. The Kier molecular flexibility index (Phi) is 5.68. The number of piperazine rings is 1. The fourth-order valence-electron chi connectivity index (χ4n) is 2.84. The fourth-order valence-corrected chi connectivity index (χ4v) is 2.84. The lowest BCUT2D eigenvalue weighted by Crippen LogP contribution is -2.54. The second-order valence-corrected chi connectivity index (χ2v) is 6.08. The molecule has 26 heavy (non-hydrogen) atoms. The van der Waals surface area contributed by atoms with E-state index >= 15 is 0 Å². The minimum absolute atomic E-state index is 0.0783. The summed E-state index contributed by atoms with van der Waals surface area (Å²) in [5.41, 5.74) is 0. The van der Waals surface area contributed by atoms with Crippen LogP contribution in [0, 0.1) is 0 Å². The number of nitrogens with zero attached hydrogens (tertiary/aromatic N) is 3. The van der Waals surface area contributed by atoms with Crippen LogP contribution in [-0.2, 0) is 9.59 Å². The topological polar surface area (TPSA) is 78.7 Å². The average molecular weight is 354 g/mol. The average Bonchev–Trinajstić information content (AvgIpc) is 3.20. The Labute approximate surface area is 152 Å². The number of carbonyl (C=O) groups excluding carboxylic acids is 2. The van der Waals surface area contributed by atoms with Crippen molar-refractivity contribution < 1.29 is 14.0 Å². The second kappa shape index (κ2) is 8.33. The number of nitrogens with one attached hydrogen (secondary N) is 1. The monoisotopic (exact) mass is 354 g/mol. The van der Waals surface area contributed by atoms with Gasteiger partial charge in [0.1, 0.15) is 17.6 Å². The van der Waals surface area contributed by atoms with E-state index in [1.165, 1.54) is 12.3 Å². The molecule has 1 N–H and O–H groups in total. The molecule has 0 unspecified atom stereocenters. The SMILES string of the molecule is C[C@@H](NC(=O)/C=C/c1ccco1)C(=O)N1CCN(c2ccccn2)CC1. The number of hydrogen-bond acceptors (Lipinski definition) is 5. The second-order valence-electron chi connectivity index (χ2n) is 6.08. The molecule has 2 aromatic rings. The summed E-state index contributed by atoms with van der Waals surface area (Å²) in [5.74, 6) is 1.11. The lowest BCUT2D eigenvalue weighted by Gasteiger charge is -2.36. The number of hydrogen-bond donors (Lipinski definition) is 1. The molecule has 0 radical (unpaired) electrons. The van der Waals surface area contributed by atoms with Gasteiger partial charge in [0.15, 0.2) is 0 Å². The fraction of sp³-hybridized carbons (Fsp3) is 0.316. The molecule has 3 heterocycles. The Morgan fingerprint density at radius 2 is 2.00 bits per heavy atom. The van der Waals surface area contributed by atoms with Gasteiger partial charge >= 0.3 is 0 Å². The molecule has 1 aliphatic rings. The van der Waals surface area contributed by atoms with Gasteiger partial charge in [-0.05, 0) is 37.3 Å². The Morgan fingerprint density at radius 3 is 2.65 bits per heavy atom. The molecule has 0 aliphatic carbocycles. The van der Waals surface area contributed by atoms with E-state index in [0.717, 1.165) is 18.9 Å². The number of anilines is 1. The molecule has 2 aromatic heterocycles. The van der Waals surface area contributed by atoms with Gasteiger partial charge in [0.2, 0.25) is 11.8 Å². The Hall–Kier alpha value is -3.09. The molecule has 1 atom stereocenters. The van der Waals surface area contributed by atoms with Crippen LogP contribution in [0.3, 0.4) is 0 Å². The van der Waals surface area contributed by atoms with E-state index in [0.29, 0.717) is 18.8 Å². The first kappa shape index (κ1) is 17.7. The largest absolute Gasteiger partial charge is 0.465 e. The molecule has 0 spiro atoms. The van der Waals surface area contributed by atoms with Crippen molar-refractivity contribution in [2.75, 3.05) is 31.1 Å². The number of amides is 2. The van der Waals surface area contributed by atoms with Gasteiger partial charge < -0.3 is 19.5 Å². The van der Waals surface area contributed by atoms with Gasteiger partial charge in [0.25, 0.3) is 0 Å². The first-order valence-corrected chi connectivity index (χ1v) is 8.60. The van der Waals surface area contributed by atoms with Gasteiger partial charge in [-0.15, -0.1) is 0 Å². The predicted octanol–water partition coefficient (Wildman–Crippen LogP) is 1.54. The van der Waals surface area contributed by atoms with Crippen molar-refractivity contribution in [3.8, 4) is 0 Å².